The lowest BCUT2D eigenvalue weighted by Crippen LogP contribution is -2.51. The van der Waals surface area contributed by atoms with Crippen molar-refractivity contribution in [2.45, 2.75) is 103 Å². The minimum atomic E-state index is -1.14. The van der Waals surface area contributed by atoms with Crippen LogP contribution in [0.2, 0.25) is 0 Å². The molecular weight excluding hydrogens is 404 g/mol. The molecule has 0 heterocycles. The molecule has 0 saturated heterocycles. The normalized spacial score (nSPS) is 41.3. The maximum absolute atomic E-state index is 11.8. The summed E-state index contributed by atoms with van der Waals surface area (Å²) in [5.74, 6) is 3.06. The highest BCUT2D eigenvalue weighted by molar-refractivity contribution is 5.91. The van der Waals surface area contributed by atoms with E-state index >= 15 is 0 Å². The number of aliphatic hydroxyl groups is 1. The predicted octanol–water partition coefficient (Wildman–Crippen LogP) is 6.14. The zero-order valence-electron chi connectivity index (χ0n) is 20.0. The van der Waals surface area contributed by atoms with Gasteiger partial charge >= 0.3 is 6.16 Å². The average molecular weight is 447 g/mol. The highest BCUT2D eigenvalue weighted by Crippen LogP contribution is 2.65. The maximum atomic E-state index is 11.8. The van der Waals surface area contributed by atoms with E-state index in [9.17, 15) is 14.7 Å². The monoisotopic (exact) mass is 446 g/mol. The number of hydrogen-bond donors (Lipinski definition) is 2. The van der Waals surface area contributed by atoms with Crippen molar-refractivity contribution in [1.29, 1.82) is 0 Å². The van der Waals surface area contributed by atoms with E-state index in [0.717, 1.165) is 50.4 Å². The molecule has 180 valence electrons. The standard InChI is InChI=1S/C19H28O2.C8H14O3/c1-18-9-7-13(20)11-12(18)3-4-14-15-5-6-17(21)19(15,2)10-8-16(14)18;9-8(10)11-6-7-4-2-1-3-5-7/h11,14-17,21H,3-10H2,1-2H3;7H,1-6H2,(H,9,10)/t14-,15-,16-,17-,18-,19-;/m0./s1. The maximum Gasteiger partial charge on any atom is 0.505 e. The summed E-state index contributed by atoms with van der Waals surface area (Å²) in [4.78, 5) is 21.8. The van der Waals surface area contributed by atoms with Gasteiger partial charge in [-0.3, -0.25) is 4.79 Å². The third kappa shape index (κ3) is 4.51. The van der Waals surface area contributed by atoms with Crippen LogP contribution in [0.25, 0.3) is 0 Å². The van der Waals surface area contributed by atoms with Crippen molar-refractivity contribution in [3.05, 3.63) is 11.6 Å². The van der Waals surface area contributed by atoms with Gasteiger partial charge in [-0.25, -0.2) is 4.79 Å². The van der Waals surface area contributed by atoms with Gasteiger partial charge in [0.25, 0.3) is 0 Å². The van der Waals surface area contributed by atoms with Crippen LogP contribution in [0.5, 0.6) is 0 Å². The Kier molecular flexibility index (Phi) is 7.05. The van der Waals surface area contributed by atoms with Crippen LogP contribution in [-0.2, 0) is 9.53 Å². The van der Waals surface area contributed by atoms with E-state index in [4.69, 9.17) is 5.11 Å². The largest absolute Gasteiger partial charge is 0.505 e. The van der Waals surface area contributed by atoms with E-state index < -0.39 is 6.16 Å². The van der Waals surface area contributed by atoms with Crippen molar-refractivity contribution in [2.75, 3.05) is 6.61 Å². The predicted molar refractivity (Wildman–Crippen MR) is 123 cm³/mol. The van der Waals surface area contributed by atoms with Crippen molar-refractivity contribution in [1.82, 2.24) is 0 Å². The number of hydrogen-bond acceptors (Lipinski definition) is 4. The molecular formula is C27H42O5. The van der Waals surface area contributed by atoms with Crippen molar-refractivity contribution in [3.63, 3.8) is 0 Å². The van der Waals surface area contributed by atoms with Gasteiger partial charge in [0.2, 0.25) is 0 Å². The van der Waals surface area contributed by atoms with Crippen LogP contribution in [0.1, 0.15) is 97.3 Å². The van der Waals surface area contributed by atoms with Gasteiger partial charge in [-0.2, -0.15) is 0 Å². The molecule has 0 unspecified atom stereocenters. The molecule has 32 heavy (non-hydrogen) atoms. The number of aliphatic hydroxyl groups excluding tert-OH is 1. The lowest BCUT2D eigenvalue weighted by molar-refractivity contribution is -0.118. The quantitative estimate of drug-likeness (QED) is 0.498. The molecule has 0 spiro atoms. The Bertz CT molecular complexity index is 738. The van der Waals surface area contributed by atoms with Crippen LogP contribution in [-0.4, -0.2) is 34.9 Å². The second kappa shape index (κ2) is 9.48. The first-order valence-corrected chi connectivity index (χ1v) is 13.0. The highest BCUT2D eigenvalue weighted by atomic mass is 16.7. The summed E-state index contributed by atoms with van der Waals surface area (Å²) in [6, 6.07) is 0. The van der Waals surface area contributed by atoms with Gasteiger partial charge in [0.1, 0.15) is 0 Å². The first-order valence-electron chi connectivity index (χ1n) is 13.0. The molecule has 5 rings (SSSR count). The van der Waals surface area contributed by atoms with E-state index in [-0.39, 0.29) is 16.9 Å². The Morgan fingerprint density at radius 1 is 1.00 bits per heavy atom. The fourth-order valence-electron chi connectivity index (χ4n) is 8.07. The number of ketones is 1. The fourth-order valence-corrected chi connectivity index (χ4v) is 8.07. The summed E-state index contributed by atoms with van der Waals surface area (Å²) < 4.78 is 4.50. The molecule has 4 saturated carbocycles. The summed E-state index contributed by atoms with van der Waals surface area (Å²) in [5.41, 5.74) is 1.89. The third-order valence-electron chi connectivity index (χ3n) is 10.1. The number of ether oxygens (including phenoxy) is 1. The first-order chi connectivity index (χ1) is 15.2. The molecule has 0 bridgehead atoms. The number of carbonyl (C=O) groups excluding carboxylic acids is 1. The zero-order valence-corrected chi connectivity index (χ0v) is 20.0. The zero-order chi connectivity index (χ0) is 22.9. The molecule has 5 heteroatoms. The Morgan fingerprint density at radius 2 is 1.75 bits per heavy atom. The molecule has 0 aliphatic heterocycles. The molecule has 6 atom stereocenters. The number of allylic oxidation sites excluding steroid dienone is 1. The van der Waals surface area contributed by atoms with Crippen molar-refractivity contribution < 1.29 is 24.5 Å². The fraction of sp³-hybridized carbons (Fsp3) is 0.852. The molecule has 0 aromatic heterocycles. The molecule has 5 nitrogen and oxygen atoms in total. The third-order valence-corrected chi connectivity index (χ3v) is 10.1. The lowest BCUT2D eigenvalue weighted by Gasteiger charge is -2.57. The van der Waals surface area contributed by atoms with Gasteiger partial charge in [0.15, 0.2) is 5.78 Å². The van der Waals surface area contributed by atoms with Crippen molar-refractivity contribution in [2.24, 2.45) is 34.5 Å². The molecule has 0 radical (unpaired) electrons. The second-order valence-electron chi connectivity index (χ2n) is 11.7. The summed E-state index contributed by atoms with van der Waals surface area (Å²) in [5, 5.41) is 18.7. The van der Waals surface area contributed by atoms with Gasteiger partial charge < -0.3 is 14.9 Å². The summed E-state index contributed by atoms with van der Waals surface area (Å²) in [7, 11) is 0. The number of carboxylic acid groups (broad SMARTS) is 1. The van der Waals surface area contributed by atoms with Gasteiger partial charge in [-0.05, 0) is 98.4 Å². The van der Waals surface area contributed by atoms with Crippen LogP contribution in [0.3, 0.4) is 0 Å². The smallest absolute Gasteiger partial charge is 0.450 e. The summed E-state index contributed by atoms with van der Waals surface area (Å²) in [6.07, 6.45) is 15.6. The molecule has 0 aromatic carbocycles. The minimum Gasteiger partial charge on any atom is -0.450 e. The Labute approximate surface area is 193 Å². The number of fused-ring (bicyclic) bond motifs is 5. The molecule has 5 aliphatic carbocycles. The van der Waals surface area contributed by atoms with Gasteiger partial charge in [-0.1, -0.05) is 38.7 Å². The number of rotatable bonds is 2. The highest BCUT2D eigenvalue weighted by Gasteiger charge is 2.58. The lowest BCUT2D eigenvalue weighted by atomic mass is 9.47. The van der Waals surface area contributed by atoms with Crippen molar-refractivity contribution >= 4 is 11.9 Å². The van der Waals surface area contributed by atoms with Crippen LogP contribution in [0.15, 0.2) is 11.6 Å². The molecule has 0 amide bonds. The van der Waals surface area contributed by atoms with E-state index in [0.29, 0.717) is 24.2 Å². The van der Waals surface area contributed by atoms with Gasteiger partial charge in [-0.15, -0.1) is 0 Å². The van der Waals surface area contributed by atoms with Crippen LogP contribution < -0.4 is 0 Å². The molecule has 0 aromatic rings. The van der Waals surface area contributed by atoms with E-state index in [2.05, 4.69) is 18.6 Å². The van der Waals surface area contributed by atoms with Crippen LogP contribution in [0.4, 0.5) is 4.79 Å². The Balaban J connectivity index is 0.000000189. The summed E-state index contributed by atoms with van der Waals surface area (Å²) >= 11 is 0. The molecule has 5 aliphatic rings. The van der Waals surface area contributed by atoms with Gasteiger partial charge in [0.05, 0.1) is 12.7 Å². The Hall–Kier alpha value is -1.36. The van der Waals surface area contributed by atoms with Gasteiger partial charge in [0, 0.05) is 6.42 Å². The van der Waals surface area contributed by atoms with Crippen LogP contribution in [0, 0.1) is 34.5 Å². The minimum absolute atomic E-state index is 0.0823. The Morgan fingerprint density at radius 3 is 2.47 bits per heavy atom. The van der Waals surface area contributed by atoms with E-state index in [1.807, 2.05) is 6.08 Å². The van der Waals surface area contributed by atoms with E-state index in [1.54, 1.807) is 0 Å². The van der Waals surface area contributed by atoms with Crippen molar-refractivity contribution in [3.8, 4) is 0 Å². The average Bonchev–Trinajstić information content (AvgIpc) is 3.08. The van der Waals surface area contributed by atoms with E-state index in [1.165, 1.54) is 50.5 Å². The first kappa shape index (κ1) is 23.8. The molecule has 2 N–H and O–H groups in total. The molecule has 4 fully saturated rings. The summed E-state index contributed by atoms with van der Waals surface area (Å²) in [6.45, 7) is 5.16. The van der Waals surface area contributed by atoms with Crippen LogP contribution >= 0.6 is 0 Å². The topological polar surface area (TPSA) is 83.8 Å². The SMILES string of the molecule is C[C@]12CC[C@H]3[C@@H](CCC4=CC(=O)CC[C@@]43C)[C@@H]1CC[C@@H]2O.O=C(O)OCC1CCCCC1. The number of carbonyl (C=O) groups is 2. The second-order valence-corrected chi connectivity index (χ2v) is 11.7.